The molecule has 1 heterocycles. The van der Waals surface area contributed by atoms with E-state index in [9.17, 15) is 4.79 Å². The van der Waals surface area contributed by atoms with Crippen molar-refractivity contribution in [2.75, 3.05) is 6.61 Å². The third kappa shape index (κ3) is 3.51. The largest absolute Gasteiger partial charge is 0.494 e. The number of carbonyl (C=O) groups excluding carboxylic acids is 1. The van der Waals surface area contributed by atoms with Gasteiger partial charge in [0.05, 0.1) is 6.61 Å². The maximum atomic E-state index is 12.0. The van der Waals surface area contributed by atoms with Crippen LogP contribution in [0.25, 0.3) is 6.08 Å². The van der Waals surface area contributed by atoms with Gasteiger partial charge in [-0.15, -0.1) is 0 Å². The van der Waals surface area contributed by atoms with Crippen molar-refractivity contribution in [1.82, 2.24) is 0 Å². The van der Waals surface area contributed by atoms with Crippen LogP contribution >= 0.6 is 15.9 Å². The predicted octanol–water partition coefficient (Wildman–Crippen LogP) is 4.19. The van der Waals surface area contributed by atoms with E-state index < -0.39 is 5.97 Å². The lowest BCUT2D eigenvalue weighted by Crippen LogP contribution is -2.04. The highest BCUT2D eigenvalue weighted by Gasteiger charge is 2.24. The molecule has 0 aliphatic carbocycles. The van der Waals surface area contributed by atoms with Gasteiger partial charge in [-0.05, 0) is 48.9 Å². The first-order valence-electron chi connectivity index (χ1n) is 7.17. The van der Waals surface area contributed by atoms with Crippen molar-refractivity contribution in [3.63, 3.8) is 0 Å². The van der Waals surface area contributed by atoms with Crippen LogP contribution < -0.4 is 4.74 Å². The van der Waals surface area contributed by atoms with Gasteiger partial charge < -0.3 is 9.47 Å². The Bertz CT molecular complexity index is 797. The summed E-state index contributed by atoms with van der Waals surface area (Å²) in [6, 6.07) is 14.9. The summed E-state index contributed by atoms with van der Waals surface area (Å²) in [6.45, 7) is 2.50. The van der Waals surface area contributed by atoms with Gasteiger partial charge in [0.15, 0.2) is 5.70 Å². The molecule has 0 spiro atoms. The minimum Gasteiger partial charge on any atom is -0.494 e. The Balaban J connectivity index is 1.95. The number of hydrogen-bond acceptors (Lipinski definition) is 4. The van der Waals surface area contributed by atoms with E-state index in [4.69, 9.17) is 9.47 Å². The van der Waals surface area contributed by atoms with Crippen LogP contribution in [0.2, 0.25) is 0 Å². The summed E-state index contributed by atoms with van der Waals surface area (Å²) >= 11 is 3.47. The lowest BCUT2D eigenvalue weighted by Gasteiger charge is -2.05. The second kappa shape index (κ2) is 6.79. The van der Waals surface area contributed by atoms with Crippen molar-refractivity contribution in [3.8, 4) is 5.75 Å². The van der Waals surface area contributed by atoms with E-state index in [0.717, 1.165) is 21.3 Å². The van der Waals surface area contributed by atoms with Crippen molar-refractivity contribution >= 4 is 33.9 Å². The number of halogens is 1. The topological polar surface area (TPSA) is 47.9 Å². The lowest BCUT2D eigenvalue weighted by molar-refractivity contribution is -0.129. The number of cyclic esters (lactones) is 1. The molecular formula is C18H14BrNO3. The Morgan fingerprint density at radius 2 is 2.00 bits per heavy atom. The maximum absolute atomic E-state index is 12.0. The molecule has 0 radical (unpaired) electrons. The van der Waals surface area contributed by atoms with Crippen LogP contribution in [0.3, 0.4) is 0 Å². The summed E-state index contributed by atoms with van der Waals surface area (Å²) in [5.41, 5.74) is 1.84. The normalized spacial score (nSPS) is 15.5. The van der Waals surface area contributed by atoms with E-state index in [-0.39, 0.29) is 5.70 Å². The number of esters is 1. The number of ether oxygens (including phenoxy) is 2. The molecule has 23 heavy (non-hydrogen) atoms. The van der Waals surface area contributed by atoms with Crippen molar-refractivity contribution in [2.45, 2.75) is 6.92 Å². The molecule has 0 bridgehead atoms. The first kappa shape index (κ1) is 15.5. The zero-order valence-electron chi connectivity index (χ0n) is 12.5. The first-order valence-corrected chi connectivity index (χ1v) is 7.97. The first-order chi connectivity index (χ1) is 11.2. The minimum atomic E-state index is -0.461. The lowest BCUT2D eigenvalue weighted by atomic mass is 10.2. The maximum Gasteiger partial charge on any atom is 0.363 e. The van der Waals surface area contributed by atoms with Gasteiger partial charge in [-0.1, -0.05) is 34.1 Å². The van der Waals surface area contributed by atoms with Crippen LogP contribution in [0.15, 0.2) is 63.7 Å². The SMILES string of the molecule is CCOc1ccc(Br)c(/C=C2/N=C(c3ccccc3)OC2=O)c1. The Labute approximate surface area is 142 Å². The van der Waals surface area contributed by atoms with Gasteiger partial charge in [0.25, 0.3) is 0 Å². The molecule has 0 unspecified atom stereocenters. The molecule has 4 nitrogen and oxygen atoms in total. The van der Waals surface area contributed by atoms with E-state index in [2.05, 4.69) is 20.9 Å². The number of rotatable bonds is 4. The zero-order chi connectivity index (χ0) is 16.2. The minimum absolute atomic E-state index is 0.262. The average Bonchev–Trinajstić information content (AvgIpc) is 2.93. The Morgan fingerprint density at radius 3 is 2.74 bits per heavy atom. The Hall–Kier alpha value is -2.40. The molecule has 0 saturated carbocycles. The average molecular weight is 372 g/mol. The molecule has 0 atom stereocenters. The van der Waals surface area contributed by atoms with Crippen molar-refractivity contribution in [1.29, 1.82) is 0 Å². The number of hydrogen-bond donors (Lipinski definition) is 0. The second-order valence-electron chi connectivity index (χ2n) is 4.82. The molecule has 0 aromatic heterocycles. The molecule has 0 saturated heterocycles. The third-order valence-corrected chi connectivity index (χ3v) is 3.93. The van der Waals surface area contributed by atoms with Crippen molar-refractivity contribution in [2.24, 2.45) is 4.99 Å². The van der Waals surface area contributed by atoms with Crippen LogP contribution in [-0.4, -0.2) is 18.5 Å². The van der Waals surface area contributed by atoms with Gasteiger partial charge >= 0.3 is 5.97 Å². The Kier molecular flexibility index (Phi) is 4.57. The highest BCUT2D eigenvalue weighted by Crippen LogP contribution is 2.27. The summed E-state index contributed by atoms with van der Waals surface area (Å²) in [5, 5.41) is 0. The molecule has 2 aromatic rings. The van der Waals surface area contributed by atoms with Gasteiger partial charge in [-0.2, -0.15) is 0 Å². The van der Waals surface area contributed by atoms with Gasteiger partial charge in [0.1, 0.15) is 5.75 Å². The fourth-order valence-electron chi connectivity index (χ4n) is 2.15. The molecule has 2 aromatic carbocycles. The molecule has 0 fully saturated rings. The number of nitrogens with zero attached hydrogens (tertiary/aromatic N) is 1. The molecule has 116 valence electrons. The molecular weight excluding hydrogens is 358 g/mol. The summed E-state index contributed by atoms with van der Waals surface area (Å²) in [6.07, 6.45) is 1.69. The van der Waals surface area contributed by atoms with Crippen LogP contribution in [-0.2, 0) is 9.53 Å². The monoisotopic (exact) mass is 371 g/mol. The van der Waals surface area contributed by atoms with E-state index in [1.54, 1.807) is 6.08 Å². The molecule has 0 N–H and O–H groups in total. The highest BCUT2D eigenvalue weighted by molar-refractivity contribution is 9.10. The molecule has 3 rings (SSSR count). The summed E-state index contributed by atoms with van der Waals surface area (Å²) in [4.78, 5) is 16.3. The van der Waals surface area contributed by atoms with Crippen LogP contribution in [0.4, 0.5) is 0 Å². The fourth-order valence-corrected chi connectivity index (χ4v) is 2.51. The smallest absolute Gasteiger partial charge is 0.363 e. The Morgan fingerprint density at radius 1 is 1.22 bits per heavy atom. The number of carbonyl (C=O) groups is 1. The molecule has 1 aliphatic heterocycles. The van der Waals surface area contributed by atoms with Gasteiger partial charge in [-0.3, -0.25) is 0 Å². The van der Waals surface area contributed by atoms with Crippen LogP contribution in [0.5, 0.6) is 5.75 Å². The zero-order valence-corrected chi connectivity index (χ0v) is 14.0. The molecule has 1 aliphatic rings. The van der Waals surface area contributed by atoms with Crippen molar-refractivity contribution in [3.05, 3.63) is 69.8 Å². The quantitative estimate of drug-likeness (QED) is 0.597. The van der Waals surface area contributed by atoms with Crippen LogP contribution in [0.1, 0.15) is 18.1 Å². The summed E-state index contributed by atoms with van der Waals surface area (Å²) < 4.78 is 11.6. The van der Waals surface area contributed by atoms with E-state index in [1.807, 2.05) is 55.5 Å². The fraction of sp³-hybridized carbons (Fsp3) is 0.111. The van der Waals surface area contributed by atoms with Crippen LogP contribution in [0, 0.1) is 0 Å². The number of aliphatic imine (C=N–C) groups is 1. The van der Waals surface area contributed by atoms with E-state index in [0.29, 0.717) is 12.5 Å². The van der Waals surface area contributed by atoms with Gasteiger partial charge in [0.2, 0.25) is 5.90 Å². The van der Waals surface area contributed by atoms with E-state index >= 15 is 0 Å². The second-order valence-corrected chi connectivity index (χ2v) is 5.67. The van der Waals surface area contributed by atoms with Gasteiger partial charge in [-0.25, -0.2) is 9.79 Å². The molecule has 5 heteroatoms. The standard InChI is InChI=1S/C18H14BrNO3/c1-2-22-14-8-9-15(19)13(10-14)11-16-18(21)23-17(20-16)12-6-4-3-5-7-12/h3-11H,2H2,1H3/b16-11+. The summed E-state index contributed by atoms with van der Waals surface area (Å²) in [5.74, 6) is 0.595. The summed E-state index contributed by atoms with van der Waals surface area (Å²) in [7, 11) is 0. The number of benzene rings is 2. The van der Waals surface area contributed by atoms with Crippen molar-refractivity contribution < 1.29 is 14.3 Å². The van der Waals surface area contributed by atoms with Gasteiger partial charge in [0, 0.05) is 10.0 Å². The highest BCUT2D eigenvalue weighted by atomic mass is 79.9. The predicted molar refractivity (Wildman–Crippen MR) is 92.4 cm³/mol. The third-order valence-electron chi connectivity index (χ3n) is 3.21. The molecule has 0 amide bonds. The van der Waals surface area contributed by atoms with E-state index in [1.165, 1.54) is 0 Å².